The van der Waals surface area contributed by atoms with Gasteiger partial charge in [0.25, 0.3) is 5.91 Å². The van der Waals surface area contributed by atoms with Crippen LogP contribution in [0, 0.1) is 0 Å². The summed E-state index contributed by atoms with van der Waals surface area (Å²) in [7, 11) is 5.38. The molecule has 10 heteroatoms. The van der Waals surface area contributed by atoms with E-state index in [4.69, 9.17) is 9.47 Å². The highest BCUT2D eigenvalue weighted by Gasteiger charge is 2.27. The van der Waals surface area contributed by atoms with E-state index < -0.39 is 0 Å². The lowest BCUT2D eigenvalue weighted by Crippen LogP contribution is -2.55. The molecule has 1 aromatic heterocycles. The monoisotopic (exact) mass is 546 g/mol. The first-order chi connectivity index (χ1) is 19.2. The van der Waals surface area contributed by atoms with Crippen molar-refractivity contribution in [1.29, 1.82) is 0 Å². The van der Waals surface area contributed by atoms with Crippen LogP contribution in [0.5, 0.6) is 11.5 Å². The minimum Gasteiger partial charge on any atom is -0.497 e. The SMILES string of the molecule is C=CC(=O)Nc1cc(N2CC(C)N(C)C(C)C2)ccc1C(=O)Nc1cc(CCc2cc(OC)cc(OC)c2)[nH]n1. The zero-order valence-corrected chi connectivity index (χ0v) is 23.8. The van der Waals surface area contributed by atoms with E-state index in [0.29, 0.717) is 35.6 Å². The second-order valence-electron chi connectivity index (χ2n) is 10.1. The van der Waals surface area contributed by atoms with Crippen molar-refractivity contribution in [3.8, 4) is 11.5 Å². The van der Waals surface area contributed by atoms with Crippen molar-refractivity contribution in [3.05, 3.63) is 71.9 Å². The predicted octanol–water partition coefficient (Wildman–Crippen LogP) is 4.12. The van der Waals surface area contributed by atoms with Crippen LogP contribution in [0.25, 0.3) is 0 Å². The van der Waals surface area contributed by atoms with Crippen molar-refractivity contribution in [2.75, 3.05) is 49.9 Å². The summed E-state index contributed by atoms with van der Waals surface area (Å²) in [5.74, 6) is 1.10. The van der Waals surface area contributed by atoms with Crippen LogP contribution in [0.3, 0.4) is 0 Å². The number of hydrogen-bond acceptors (Lipinski definition) is 7. The molecule has 1 aliphatic rings. The van der Waals surface area contributed by atoms with Crippen molar-refractivity contribution in [1.82, 2.24) is 15.1 Å². The number of nitrogens with one attached hydrogen (secondary N) is 3. The Bertz CT molecular complexity index is 1340. The Morgan fingerprint density at radius 3 is 2.33 bits per heavy atom. The van der Waals surface area contributed by atoms with E-state index in [2.05, 4.69) is 58.1 Å². The molecule has 4 rings (SSSR count). The number of nitrogens with zero attached hydrogens (tertiary/aromatic N) is 3. The molecule has 1 aliphatic heterocycles. The van der Waals surface area contributed by atoms with Gasteiger partial charge in [0.05, 0.1) is 25.5 Å². The Labute approximate surface area is 235 Å². The fraction of sp³-hybridized carbons (Fsp3) is 0.367. The number of H-pyrrole nitrogens is 1. The third-order valence-electron chi connectivity index (χ3n) is 7.38. The molecular weight excluding hydrogens is 508 g/mol. The zero-order chi connectivity index (χ0) is 28.8. The minimum absolute atomic E-state index is 0.335. The van der Waals surface area contributed by atoms with Gasteiger partial charge >= 0.3 is 0 Å². The maximum absolute atomic E-state index is 13.3. The van der Waals surface area contributed by atoms with Crippen molar-refractivity contribution < 1.29 is 19.1 Å². The number of aryl methyl sites for hydroxylation is 2. The van der Waals surface area contributed by atoms with E-state index in [1.807, 2.05) is 30.3 Å². The van der Waals surface area contributed by atoms with Gasteiger partial charge in [0.15, 0.2) is 5.82 Å². The smallest absolute Gasteiger partial charge is 0.258 e. The van der Waals surface area contributed by atoms with Crippen molar-refractivity contribution in [2.45, 2.75) is 38.8 Å². The molecule has 0 aliphatic carbocycles. The summed E-state index contributed by atoms with van der Waals surface area (Å²) < 4.78 is 10.7. The molecule has 0 spiro atoms. The van der Waals surface area contributed by atoms with E-state index in [1.165, 1.54) is 6.08 Å². The lowest BCUT2D eigenvalue weighted by molar-refractivity contribution is -0.111. The molecule has 1 saturated heterocycles. The Morgan fingerprint density at radius 1 is 1.02 bits per heavy atom. The number of likely N-dealkylation sites (N-methyl/N-ethyl adjacent to an activating group) is 1. The molecule has 2 amide bonds. The number of benzene rings is 2. The summed E-state index contributed by atoms with van der Waals surface area (Å²) in [5.41, 5.74) is 3.62. The number of aromatic nitrogens is 2. The van der Waals surface area contributed by atoms with Crippen LogP contribution < -0.4 is 25.0 Å². The number of piperazine rings is 1. The number of ether oxygens (including phenoxy) is 2. The molecule has 2 unspecified atom stereocenters. The standard InChI is InChI=1S/C30H38N6O4/c1-7-29(37)31-27-15-23(36-17-19(2)35(4)20(3)18-36)10-11-26(27)30(38)32-28-14-22(33-34-28)9-8-21-12-24(39-5)16-25(13-21)40-6/h7,10-16,19-20H,1,8-9,17-18H2,2-6H3,(H,31,37)(H2,32,33,34,38). The van der Waals surface area contributed by atoms with E-state index in [-0.39, 0.29) is 11.8 Å². The van der Waals surface area contributed by atoms with Gasteiger partial charge in [-0.2, -0.15) is 5.10 Å². The Balaban J connectivity index is 1.47. The summed E-state index contributed by atoms with van der Waals surface area (Å²) >= 11 is 0. The van der Waals surface area contributed by atoms with Crippen LogP contribution in [-0.2, 0) is 17.6 Å². The van der Waals surface area contributed by atoms with E-state index in [0.717, 1.165) is 48.0 Å². The average Bonchev–Trinajstić information content (AvgIpc) is 3.41. The second kappa shape index (κ2) is 12.7. The fourth-order valence-corrected chi connectivity index (χ4v) is 4.86. The van der Waals surface area contributed by atoms with Gasteiger partial charge in [-0.3, -0.25) is 19.6 Å². The number of hydrogen-bond donors (Lipinski definition) is 3. The lowest BCUT2D eigenvalue weighted by Gasteiger charge is -2.43. The largest absolute Gasteiger partial charge is 0.497 e. The number of methoxy groups -OCH3 is 2. The molecule has 2 heterocycles. The number of amides is 2. The molecule has 2 aromatic carbocycles. The normalized spacial score (nSPS) is 17.3. The first-order valence-electron chi connectivity index (χ1n) is 13.3. The molecule has 0 bridgehead atoms. The minimum atomic E-state index is -0.387. The van der Waals surface area contributed by atoms with Crippen LogP contribution in [0.2, 0.25) is 0 Å². The molecule has 212 valence electrons. The van der Waals surface area contributed by atoms with Crippen molar-refractivity contribution >= 4 is 29.0 Å². The number of carbonyl (C=O) groups excluding carboxylic acids is 2. The van der Waals surface area contributed by atoms with Crippen LogP contribution >= 0.6 is 0 Å². The molecular formula is C30H38N6O4. The lowest BCUT2D eigenvalue weighted by atomic mass is 10.1. The van der Waals surface area contributed by atoms with Crippen LogP contribution in [-0.4, -0.2) is 73.4 Å². The van der Waals surface area contributed by atoms with E-state index in [9.17, 15) is 9.59 Å². The number of rotatable bonds is 10. The van der Waals surface area contributed by atoms with Gasteiger partial charge in [-0.1, -0.05) is 6.58 Å². The highest BCUT2D eigenvalue weighted by molar-refractivity contribution is 6.11. The Kier molecular flexibility index (Phi) is 9.11. The molecule has 40 heavy (non-hydrogen) atoms. The van der Waals surface area contributed by atoms with Gasteiger partial charge in [0.1, 0.15) is 11.5 Å². The first-order valence-corrected chi connectivity index (χ1v) is 13.3. The molecule has 3 aromatic rings. The highest BCUT2D eigenvalue weighted by atomic mass is 16.5. The van der Waals surface area contributed by atoms with Crippen LogP contribution in [0.15, 0.2) is 55.1 Å². The van der Waals surface area contributed by atoms with Crippen LogP contribution in [0.4, 0.5) is 17.2 Å². The summed E-state index contributed by atoms with van der Waals surface area (Å²) in [6, 6.07) is 13.8. The Hall–Kier alpha value is -4.31. The predicted molar refractivity (Wildman–Crippen MR) is 158 cm³/mol. The van der Waals surface area contributed by atoms with Gasteiger partial charge in [-0.05, 0) is 75.7 Å². The summed E-state index contributed by atoms with van der Waals surface area (Å²) in [6.07, 6.45) is 2.59. The second-order valence-corrected chi connectivity index (χ2v) is 10.1. The molecule has 2 atom stereocenters. The van der Waals surface area contributed by atoms with Crippen LogP contribution in [0.1, 0.15) is 35.5 Å². The number of aromatic amines is 1. The molecule has 1 fully saturated rings. The maximum atomic E-state index is 13.3. The third kappa shape index (κ3) is 6.81. The average molecular weight is 547 g/mol. The molecule has 0 radical (unpaired) electrons. The summed E-state index contributed by atoms with van der Waals surface area (Å²) in [4.78, 5) is 30.1. The molecule has 0 saturated carbocycles. The van der Waals surface area contributed by atoms with Gasteiger partial charge < -0.3 is 25.0 Å². The van der Waals surface area contributed by atoms with Gasteiger partial charge in [-0.25, -0.2) is 0 Å². The topological polar surface area (TPSA) is 112 Å². The van der Waals surface area contributed by atoms with E-state index in [1.54, 1.807) is 26.4 Å². The highest BCUT2D eigenvalue weighted by Crippen LogP contribution is 2.28. The third-order valence-corrected chi connectivity index (χ3v) is 7.38. The van der Waals surface area contributed by atoms with Gasteiger partial charge in [-0.15, -0.1) is 0 Å². The maximum Gasteiger partial charge on any atom is 0.258 e. The Morgan fingerprint density at radius 2 is 1.70 bits per heavy atom. The summed E-state index contributed by atoms with van der Waals surface area (Å²) in [6.45, 7) is 9.62. The van der Waals surface area contributed by atoms with E-state index >= 15 is 0 Å². The van der Waals surface area contributed by atoms with Crippen molar-refractivity contribution in [3.63, 3.8) is 0 Å². The zero-order valence-electron chi connectivity index (χ0n) is 23.8. The summed E-state index contributed by atoms with van der Waals surface area (Å²) in [5, 5.41) is 12.9. The fourth-order valence-electron chi connectivity index (χ4n) is 4.86. The van der Waals surface area contributed by atoms with Crippen molar-refractivity contribution in [2.24, 2.45) is 0 Å². The van der Waals surface area contributed by atoms with Gasteiger partial charge in [0, 0.05) is 48.7 Å². The molecule has 3 N–H and O–H groups in total. The van der Waals surface area contributed by atoms with Gasteiger partial charge in [0.2, 0.25) is 5.91 Å². The number of anilines is 3. The quantitative estimate of drug-likeness (QED) is 0.328. The molecule has 10 nitrogen and oxygen atoms in total. The number of carbonyl (C=O) groups is 2. The first kappa shape index (κ1) is 28.7.